The highest BCUT2D eigenvalue weighted by Crippen LogP contribution is 2.44. The summed E-state index contributed by atoms with van der Waals surface area (Å²) in [5.41, 5.74) is -0.0661. The monoisotopic (exact) mass is 411 g/mol. The highest BCUT2D eigenvalue weighted by molar-refractivity contribution is 6.36. The third-order valence-corrected chi connectivity index (χ3v) is 4.18. The van der Waals surface area contributed by atoms with Crippen LogP contribution in [0.3, 0.4) is 0 Å². The summed E-state index contributed by atoms with van der Waals surface area (Å²) in [5, 5.41) is 19.7. The van der Waals surface area contributed by atoms with E-state index in [1.54, 1.807) is 6.92 Å². The van der Waals surface area contributed by atoms with Crippen molar-refractivity contribution in [2.75, 3.05) is 6.61 Å². The highest BCUT2D eigenvalue weighted by atomic mass is 35.5. The van der Waals surface area contributed by atoms with Crippen molar-refractivity contribution in [3.63, 3.8) is 0 Å². The molecule has 0 amide bonds. The van der Waals surface area contributed by atoms with Crippen LogP contribution in [0.4, 0.5) is 9.18 Å². The number of phenols is 1. The third kappa shape index (κ3) is 4.44. The minimum Gasteiger partial charge on any atom is -0.505 e. The molecule has 27 heavy (non-hydrogen) atoms. The quantitative estimate of drug-likeness (QED) is 0.491. The lowest BCUT2D eigenvalue weighted by Gasteiger charge is -2.16. The maximum atomic E-state index is 15.0. The van der Waals surface area contributed by atoms with E-state index in [1.807, 2.05) is 13.0 Å². The lowest BCUT2D eigenvalue weighted by atomic mass is 9.94. The Labute approximate surface area is 165 Å². The fourth-order valence-corrected chi connectivity index (χ4v) is 3.12. The summed E-state index contributed by atoms with van der Waals surface area (Å²) in [6.07, 6.45) is -0.00818. The second kappa shape index (κ2) is 8.94. The number of nitrogens with zero attached hydrogens (tertiary/aromatic N) is 1. The Balaban J connectivity index is 2.76. The number of ether oxygens (including phenoxy) is 2. The number of carbonyl (C=O) groups is 1. The van der Waals surface area contributed by atoms with Crippen LogP contribution in [0.5, 0.6) is 11.5 Å². The van der Waals surface area contributed by atoms with Gasteiger partial charge in [-0.25, -0.2) is 9.18 Å². The lowest BCUT2D eigenvalue weighted by Crippen LogP contribution is -2.11. The van der Waals surface area contributed by atoms with Crippen molar-refractivity contribution < 1.29 is 23.8 Å². The summed E-state index contributed by atoms with van der Waals surface area (Å²) in [7, 11) is 0. The molecule has 2 rings (SSSR count). The molecule has 0 aliphatic rings. The summed E-state index contributed by atoms with van der Waals surface area (Å²) in [4.78, 5) is 11.7. The molecule has 1 N–H and O–H groups in total. The first-order valence-corrected chi connectivity index (χ1v) is 8.88. The van der Waals surface area contributed by atoms with E-state index in [2.05, 4.69) is 0 Å². The van der Waals surface area contributed by atoms with E-state index in [0.717, 1.165) is 0 Å². The molecule has 0 radical (unpaired) electrons. The number of hydrogen-bond donors (Lipinski definition) is 1. The Morgan fingerprint density at radius 3 is 2.59 bits per heavy atom. The maximum Gasteiger partial charge on any atom is 0.513 e. The first-order valence-electron chi connectivity index (χ1n) is 8.12. The Bertz CT molecular complexity index is 925. The van der Waals surface area contributed by atoms with Gasteiger partial charge in [0.05, 0.1) is 23.3 Å². The van der Waals surface area contributed by atoms with Gasteiger partial charge in [0.1, 0.15) is 0 Å². The van der Waals surface area contributed by atoms with E-state index in [9.17, 15) is 19.6 Å². The van der Waals surface area contributed by atoms with Crippen molar-refractivity contribution in [1.82, 2.24) is 0 Å². The predicted octanol–water partition coefficient (Wildman–Crippen LogP) is 5.86. The largest absolute Gasteiger partial charge is 0.513 e. The number of rotatable bonds is 5. The molecule has 0 fully saturated rings. The van der Waals surface area contributed by atoms with Gasteiger partial charge >= 0.3 is 6.16 Å². The molecule has 5 nitrogen and oxygen atoms in total. The Morgan fingerprint density at radius 1 is 1.30 bits per heavy atom. The average molecular weight is 412 g/mol. The van der Waals surface area contributed by atoms with E-state index in [0.29, 0.717) is 18.4 Å². The van der Waals surface area contributed by atoms with Gasteiger partial charge < -0.3 is 14.6 Å². The van der Waals surface area contributed by atoms with Gasteiger partial charge in [-0.15, -0.1) is 0 Å². The molecule has 0 saturated carbocycles. The van der Waals surface area contributed by atoms with E-state index in [1.165, 1.54) is 18.2 Å². The molecule has 2 aromatic carbocycles. The van der Waals surface area contributed by atoms with Gasteiger partial charge in [-0.1, -0.05) is 36.5 Å². The van der Waals surface area contributed by atoms with E-state index < -0.39 is 17.7 Å². The van der Waals surface area contributed by atoms with Crippen molar-refractivity contribution in [3.05, 3.63) is 45.2 Å². The van der Waals surface area contributed by atoms with Gasteiger partial charge in [0, 0.05) is 16.1 Å². The van der Waals surface area contributed by atoms with Crippen molar-refractivity contribution >= 4 is 29.4 Å². The predicted molar refractivity (Wildman–Crippen MR) is 99.9 cm³/mol. The average Bonchev–Trinajstić information content (AvgIpc) is 2.61. The number of aromatic hydroxyl groups is 1. The van der Waals surface area contributed by atoms with Gasteiger partial charge in [-0.2, -0.15) is 5.26 Å². The van der Waals surface area contributed by atoms with E-state index >= 15 is 0 Å². The third-order valence-electron chi connectivity index (χ3n) is 3.68. The molecule has 8 heteroatoms. The van der Waals surface area contributed by atoms with Crippen LogP contribution in [0.25, 0.3) is 11.1 Å². The molecular formula is C19H16Cl2FNO4. The fourth-order valence-electron chi connectivity index (χ4n) is 2.58. The number of phenolic OH excluding ortho intramolecular Hbond substituents is 1. The molecule has 0 aliphatic heterocycles. The summed E-state index contributed by atoms with van der Waals surface area (Å²) in [6.45, 7) is 3.51. The molecule has 0 aliphatic carbocycles. The van der Waals surface area contributed by atoms with Gasteiger partial charge in [0.15, 0.2) is 17.3 Å². The molecule has 0 aromatic heterocycles. The minimum absolute atomic E-state index is 0.0482. The number of nitriles is 1. The van der Waals surface area contributed by atoms with Crippen molar-refractivity contribution in [3.8, 4) is 28.7 Å². The standard InChI is InChI=1S/C19H16Cl2FNO4/c1-3-5-10-6-11(9-23)15(16(22)17(10)24)13-7-12(20)8-14(21)18(13)27-19(25)26-4-2/h6-8,24H,3-5H2,1-2H3. The molecule has 142 valence electrons. The second-order valence-electron chi connectivity index (χ2n) is 5.53. The van der Waals surface area contributed by atoms with Crippen LogP contribution in [0.15, 0.2) is 18.2 Å². The number of halogens is 3. The van der Waals surface area contributed by atoms with Crippen LogP contribution >= 0.6 is 23.2 Å². The highest BCUT2D eigenvalue weighted by Gasteiger charge is 2.25. The molecule has 0 atom stereocenters. The van der Waals surface area contributed by atoms with Crippen LogP contribution in [-0.2, 0) is 11.2 Å². The van der Waals surface area contributed by atoms with E-state index in [-0.39, 0.29) is 39.1 Å². The first-order chi connectivity index (χ1) is 12.8. The molecule has 0 spiro atoms. The van der Waals surface area contributed by atoms with Crippen LogP contribution in [0.1, 0.15) is 31.4 Å². The van der Waals surface area contributed by atoms with Gasteiger partial charge in [-0.3, -0.25) is 0 Å². The Hall–Kier alpha value is -2.49. The van der Waals surface area contributed by atoms with Gasteiger partial charge in [-0.05, 0) is 37.1 Å². The number of aryl methyl sites for hydroxylation is 1. The Morgan fingerprint density at radius 2 is 2.00 bits per heavy atom. The van der Waals surface area contributed by atoms with Gasteiger partial charge in [0.25, 0.3) is 0 Å². The maximum absolute atomic E-state index is 15.0. The molecule has 0 saturated heterocycles. The van der Waals surface area contributed by atoms with Crippen molar-refractivity contribution in [2.24, 2.45) is 0 Å². The fraction of sp³-hybridized carbons (Fsp3) is 0.263. The number of benzene rings is 2. The first kappa shape index (κ1) is 20.8. The zero-order valence-electron chi connectivity index (χ0n) is 14.6. The Kier molecular flexibility index (Phi) is 6.89. The summed E-state index contributed by atoms with van der Waals surface area (Å²) in [5.74, 6) is -1.83. The summed E-state index contributed by atoms with van der Waals surface area (Å²) < 4.78 is 24.8. The zero-order valence-corrected chi connectivity index (χ0v) is 16.1. The normalized spacial score (nSPS) is 10.4. The van der Waals surface area contributed by atoms with Crippen LogP contribution in [-0.4, -0.2) is 17.9 Å². The smallest absolute Gasteiger partial charge is 0.505 e. The lowest BCUT2D eigenvalue weighted by molar-refractivity contribution is 0.104. The molecule has 2 aromatic rings. The van der Waals surface area contributed by atoms with Crippen LogP contribution in [0.2, 0.25) is 10.0 Å². The summed E-state index contributed by atoms with van der Waals surface area (Å²) >= 11 is 12.1. The SMILES string of the molecule is CCCc1cc(C#N)c(-c2cc(Cl)cc(Cl)c2OC(=O)OCC)c(F)c1O. The number of hydrogen-bond acceptors (Lipinski definition) is 5. The van der Waals surface area contributed by atoms with Crippen molar-refractivity contribution in [1.29, 1.82) is 5.26 Å². The van der Waals surface area contributed by atoms with Crippen molar-refractivity contribution in [2.45, 2.75) is 26.7 Å². The second-order valence-corrected chi connectivity index (χ2v) is 6.38. The van der Waals surface area contributed by atoms with Crippen LogP contribution in [0, 0.1) is 17.1 Å². The molecular weight excluding hydrogens is 396 g/mol. The van der Waals surface area contributed by atoms with Crippen LogP contribution < -0.4 is 4.74 Å². The molecule has 0 bridgehead atoms. The van der Waals surface area contributed by atoms with Gasteiger partial charge in [0.2, 0.25) is 0 Å². The topological polar surface area (TPSA) is 79.5 Å². The zero-order chi connectivity index (χ0) is 20.1. The number of carbonyl (C=O) groups excluding carboxylic acids is 1. The molecule has 0 heterocycles. The molecule has 0 unspecified atom stereocenters. The summed E-state index contributed by atoms with van der Waals surface area (Å²) in [6, 6.07) is 5.88. The van der Waals surface area contributed by atoms with E-state index in [4.69, 9.17) is 32.7 Å². The minimum atomic E-state index is -1.05.